The second-order valence-corrected chi connectivity index (χ2v) is 9.86. The van der Waals surface area contributed by atoms with Gasteiger partial charge in [-0.2, -0.15) is 10.2 Å². The highest BCUT2D eigenvalue weighted by molar-refractivity contribution is 5.80. The fraction of sp³-hybridized carbons (Fsp3) is 0.250. The number of fused-ring (bicyclic) bond motifs is 1. The monoisotopic (exact) mass is 496 g/mol. The van der Waals surface area contributed by atoms with Gasteiger partial charge in [-0.3, -0.25) is 9.20 Å². The molecule has 188 valence electrons. The fourth-order valence-electron chi connectivity index (χ4n) is 4.14. The van der Waals surface area contributed by atoms with Gasteiger partial charge < -0.3 is 9.47 Å². The van der Waals surface area contributed by atoms with Crippen LogP contribution in [-0.4, -0.2) is 43.1 Å². The molecule has 3 heterocycles. The Balaban J connectivity index is 1.60. The van der Waals surface area contributed by atoms with Crippen LogP contribution in [0, 0.1) is 12.3 Å². The quantitative estimate of drug-likeness (QED) is 0.323. The molecule has 0 bridgehead atoms. The molecule has 5 aromatic rings. The Morgan fingerprint density at radius 2 is 1.73 bits per heavy atom. The average Bonchev–Trinajstić information content (AvgIpc) is 3.58. The highest BCUT2D eigenvalue weighted by atomic mass is 16.5. The number of nitrogens with one attached hydrogen (secondary N) is 1. The van der Waals surface area contributed by atoms with E-state index in [9.17, 15) is 4.79 Å². The number of hydrogen-bond donors (Lipinski definition) is 1. The van der Waals surface area contributed by atoms with Gasteiger partial charge in [0.05, 0.1) is 24.4 Å². The number of carbonyl (C=O) groups excluding carboxylic acids is 1. The van der Waals surface area contributed by atoms with E-state index < -0.39 is 11.5 Å². The lowest BCUT2D eigenvalue weighted by Gasteiger charge is -2.25. The summed E-state index contributed by atoms with van der Waals surface area (Å²) in [5.41, 5.74) is 5.48. The van der Waals surface area contributed by atoms with Gasteiger partial charge in [0.15, 0.2) is 6.10 Å². The molecule has 1 unspecified atom stereocenters. The zero-order chi connectivity index (χ0) is 26.2. The number of carbonyl (C=O) groups is 1. The van der Waals surface area contributed by atoms with Crippen molar-refractivity contribution < 1.29 is 14.3 Å². The third kappa shape index (κ3) is 4.67. The molecule has 1 atom stereocenters. The second kappa shape index (κ2) is 9.50. The average molecular weight is 497 g/mol. The minimum Gasteiger partial charge on any atom is -0.480 e. The Bertz CT molecular complexity index is 1550. The summed E-state index contributed by atoms with van der Waals surface area (Å²) in [6.45, 7) is 7.51. The van der Waals surface area contributed by atoms with Crippen molar-refractivity contribution in [2.24, 2.45) is 5.41 Å². The van der Waals surface area contributed by atoms with Crippen LogP contribution in [0.4, 0.5) is 0 Å². The Hall–Kier alpha value is -4.53. The van der Waals surface area contributed by atoms with Gasteiger partial charge in [0.1, 0.15) is 5.65 Å². The minimum absolute atomic E-state index is 0.301. The van der Waals surface area contributed by atoms with Crippen molar-refractivity contribution in [1.82, 2.24) is 30.0 Å². The number of imidazole rings is 1. The first-order valence-corrected chi connectivity index (χ1v) is 11.9. The molecule has 0 spiro atoms. The molecule has 0 saturated carbocycles. The smallest absolute Gasteiger partial charge is 0.312 e. The molecule has 2 aromatic carbocycles. The van der Waals surface area contributed by atoms with Crippen LogP contribution in [-0.2, 0) is 9.53 Å². The number of tetrazole rings is 1. The van der Waals surface area contributed by atoms with Crippen LogP contribution in [0.2, 0.25) is 0 Å². The molecule has 0 aliphatic rings. The van der Waals surface area contributed by atoms with Crippen molar-refractivity contribution in [2.75, 3.05) is 7.11 Å². The number of pyridine rings is 1. The van der Waals surface area contributed by atoms with E-state index in [0.29, 0.717) is 11.7 Å². The van der Waals surface area contributed by atoms with Gasteiger partial charge in [-0.05, 0) is 61.2 Å². The summed E-state index contributed by atoms with van der Waals surface area (Å²) < 4.78 is 13.5. The standard InChI is InChI=1S/C28H28N6O3/c1-17-10-15-22(34-16-23(36-5)29-26(17)34)24(37-27(35)28(2,3)4)19-13-11-18(12-14-19)20-8-6-7-9-21(20)25-30-32-33-31-25/h6-16,24H,1-5H3,(H,30,31,32,33). The molecule has 9 heteroatoms. The van der Waals surface area contributed by atoms with Gasteiger partial charge in [0.2, 0.25) is 11.7 Å². The maximum Gasteiger partial charge on any atom is 0.312 e. The zero-order valence-corrected chi connectivity index (χ0v) is 21.4. The van der Waals surface area contributed by atoms with Crippen LogP contribution >= 0.6 is 0 Å². The third-order valence-corrected chi connectivity index (χ3v) is 6.17. The first-order chi connectivity index (χ1) is 17.8. The topological polar surface area (TPSA) is 107 Å². The van der Waals surface area contributed by atoms with Crippen LogP contribution in [0.3, 0.4) is 0 Å². The molecule has 0 fully saturated rings. The van der Waals surface area contributed by atoms with Gasteiger partial charge >= 0.3 is 5.97 Å². The normalized spacial score (nSPS) is 12.5. The van der Waals surface area contributed by atoms with E-state index in [2.05, 4.69) is 25.6 Å². The summed E-state index contributed by atoms with van der Waals surface area (Å²) in [7, 11) is 1.58. The van der Waals surface area contributed by atoms with E-state index in [1.54, 1.807) is 7.11 Å². The van der Waals surface area contributed by atoms with E-state index in [4.69, 9.17) is 9.47 Å². The lowest BCUT2D eigenvalue weighted by molar-refractivity contribution is -0.157. The number of aromatic amines is 1. The van der Waals surface area contributed by atoms with Crippen molar-refractivity contribution in [3.63, 3.8) is 0 Å². The molecule has 0 aliphatic carbocycles. The lowest BCUT2D eigenvalue weighted by Crippen LogP contribution is -2.26. The van der Waals surface area contributed by atoms with Crippen molar-refractivity contribution in [3.8, 4) is 28.4 Å². The van der Waals surface area contributed by atoms with E-state index in [0.717, 1.165) is 39.2 Å². The highest BCUT2D eigenvalue weighted by Gasteiger charge is 2.30. The maximum absolute atomic E-state index is 13.1. The number of benzene rings is 2. The van der Waals surface area contributed by atoms with Crippen LogP contribution in [0.15, 0.2) is 66.9 Å². The second-order valence-electron chi connectivity index (χ2n) is 9.86. The number of rotatable bonds is 6. The van der Waals surface area contributed by atoms with Crippen LogP contribution < -0.4 is 4.74 Å². The molecular weight excluding hydrogens is 468 g/mol. The number of nitrogens with zero attached hydrogens (tertiary/aromatic N) is 5. The van der Waals surface area contributed by atoms with Crippen LogP contribution in [0.5, 0.6) is 5.88 Å². The van der Waals surface area contributed by atoms with E-state index in [1.165, 1.54) is 0 Å². The first-order valence-electron chi connectivity index (χ1n) is 11.9. The van der Waals surface area contributed by atoms with Crippen molar-refractivity contribution >= 4 is 11.6 Å². The van der Waals surface area contributed by atoms with Crippen molar-refractivity contribution in [1.29, 1.82) is 0 Å². The summed E-state index contributed by atoms with van der Waals surface area (Å²) in [4.78, 5) is 17.6. The number of hydrogen-bond acceptors (Lipinski definition) is 7. The van der Waals surface area contributed by atoms with E-state index in [-0.39, 0.29) is 5.97 Å². The number of aryl methyl sites for hydroxylation is 1. The number of esters is 1. The molecule has 9 nitrogen and oxygen atoms in total. The molecular formula is C28H28N6O3. The Kier molecular flexibility index (Phi) is 6.20. The molecule has 0 radical (unpaired) electrons. The summed E-state index contributed by atoms with van der Waals surface area (Å²) in [6.07, 6.45) is 1.15. The Labute approximate surface area is 214 Å². The third-order valence-electron chi connectivity index (χ3n) is 6.17. The molecule has 5 rings (SSSR count). The Morgan fingerprint density at radius 1 is 1.00 bits per heavy atom. The molecule has 0 amide bonds. The van der Waals surface area contributed by atoms with Gasteiger partial charge in [-0.1, -0.05) is 54.6 Å². The summed E-state index contributed by atoms with van der Waals surface area (Å²) in [6, 6.07) is 19.8. The number of aromatic nitrogens is 6. The first kappa shape index (κ1) is 24.2. The Morgan fingerprint density at radius 3 is 2.38 bits per heavy atom. The zero-order valence-electron chi connectivity index (χ0n) is 21.4. The fourth-order valence-corrected chi connectivity index (χ4v) is 4.14. The van der Waals surface area contributed by atoms with Gasteiger partial charge in [-0.25, -0.2) is 0 Å². The number of methoxy groups -OCH3 is 1. The molecule has 0 aliphatic heterocycles. The summed E-state index contributed by atoms with van der Waals surface area (Å²) in [5.74, 6) is 0.711. The SMILES string of the molecule is COc1cn2c(C(OC(=O)C(C)(C)C)c3ccc(-c4ccccc4-c4nn[nH]n4)cc3)ccc(C)c2n1. The maximum atomic E-state index is 13.1. The summed E-state index contributed by atoms with van der Waals surface area (Å²) >= 11 is 0. The van der Waals surface area contributed by atoms with Crippen LogP contribution in [0.25, 0.3) is 28.2 Å². The van der Waals surface area contributed by atoms with Crippen LogP contribution in [0.1, 0.15) is 43.7 Å². The van der Waals surface area contributed by atoms with Crippen molar-refractivity contribution in [2.45, 2.75) is 33.8 Å². The summed E-state index contributed by atoms with van der Waals surface area (Å²) in [5, 5.41) is 14.5. The molecule has 3 aromatic heterocycles. The molecule has 37 heavy (non-hydrogen) atoms. The van der Waals surface area contributed by atoms with E-state index in [1.807, 2.05) is 99.0 Å². The largest absolute Gasteiger partial charge is 0.480 e. The number of ether oxygens (including phenoxy) is 2. The predicted molar refractivity (Wildman–Crippen MR) is 139 cm³/mol. The number of H-pyrrole nitrogens is 1. The van der Waals surface area contributed by atoms with Crippen molar-refractivity contribution in [3.05, 3.63) is 83.7 Å². The predicted octanol–water partition coefficient (Wildman–Crippen LogP) is 5.18. The molecule has 1 N–H and O–H groups in total. The molecule has 0 saturated heterocycles. The van der Waals surface area contributed by atoms with Gasteiger partial charge in [0, 0.05) is 5.56 Å². The van der Waals surface area contributed by atoms with Gasteiger partial charge in [-0.15, -0.1) is 10.2 Å². The highest BCUT2D eigenvalue weighted by Crippen LogP contribution is 2.34. The lowest BCUT2D eigenvalue weighted by atomic mass is 9.95. The minimum atomic E-state index is -0.668. The van der Waals surface area contributed by atoms with E-state index >= 15 is 0 Å². The van der Waals surface area contributed by atoms with Gasteiger partial charge in [0.25, 0.3) is 0 Å².